The molecule has 4 nitrogen and oxygen atoms in total. The highest BCUT2D eigenvalue weighted by Crippen LogP contribution is 2.31. The Bertz CT molecular complexity index is 758. The third-order valence-electron chi connectivity index (χ3n) is 3.70. The molecule has 0 unspecified atom stereocenters. The minimum absolute atomic E-state index is 0.0470. The number of hydrogen-bond donors (Lipinski definition) is 2. The van der Waals surface area contributed by atoms with Gasteiger partial charge in [0.1, 0.15) is 0 Å². The zero-order chi connectivity index (χ0) is 18.4. The molecule has 25 heavy (non-hydrogen) atoms. The number of halogens is 2. The summed E-state index contributed by atoms with van der Waals surface area (Å²) in [6, 6.07) is 11.5. The number of ether oxygens (including phenoxy) is 2. The van der Waals surface area contributed by atoms with Gasteiger partial charge in [-0.1, -0.05) is 24.6 Å². The molecular formula is C18H20BrClN2O2S. The van der Waals surface area contributed by atoms with E-state index in [4.69, 9.17) is 33.3 Å². The molecule has 2 aromatic carbocycles. The largest absolute Gasteiger partial charge is 0.493 e. The van der Waals surface area contributed by atoms with Gasteiger partial charge in [0.05, 0.1) is 25.3 Å². The first-order valence-corrected chi connectivity index (χ1v) is 9.30. The van der Waals surface area contributed by atoms with Crippen LogP contribution in [0, 0.1) is 0 Å². The molecule has 0 saturated carbocycles. The molecule has 0 radical (unpaired) electrons. The summed E-state index contributed by atoms with van der Waals surface area (Å²) in [5, 5.41) is 7.63. The van der Waals surface area contributed by atoms with Crippen molar-refractivity contribution < 1.29 is 9.47 Å². The lowest BCUT2D eigenvalue weighted by Crippen LogP contribution is -2.32. The monoisotopic (exact) mass is 442 g/mol. The minimum atomic E-state index is 0.0470. The van der Waals surface area contributed by atoms with Crippen molar-refractivity contribution in [1.82, 2.24) is 5.32 Å². The van der Waals surface area contributed by atoms with E-state index < -0.39 is 0 Å². The van der Waals surface area contributed by atoms with Crippen LogP contribution in [0.3, 0.4) is 0 Å². The van der Waals surface area contributed by atoms with E-state index >= 15 is 0 Å². The summed E-state index contributed by atoms with van der Waals surface area (Å²) in [5.41, 5.74) is 1.89. The zero-order valence-corrected chi connectivity index (χ0v) is 17.4. The zero-order valence-electron chi connectivity index (χ0n) is 14.2. The Hall–Kier alpha value is -1.50. The molecule has 2 aromatic rings. The molecule has 0 aliphatic carbocycles. The lowest BCUT2D eigenvalue weighted by atomic mass is 10.0. The van der Waals surface area contributed by atoms with Crippen molar-refractivity contribution in [3.63, 3.8) is 0 Å². The quantitative estimate of drug-likeness (QED) is 0.572. The fourth-order valence-corrected chi connectivity index (χ4v) is 3.08. The first-order valence-electron chi connectivity index (χ1n) is 7.73. The van der Waals surface area contributed by atoms with E-state index in [1.165, 1.54) is 0 Å². The normalized spacial score (nSPS) is 11.6. The molecule has 2 N–H and O–H groups in total. The van der Waals surface area contributed by atoms with Crippen molar-refractivity contribution >= 4 is 50.5 Å². The third kappa shape index (κ3) is 5.23. The highest BCUT2D eigenvalue weighted by molar-refractivity contribution is 9.10. The number of benzene rings is 2. The van der Waals surface area contributed by atoms with Crippen LogP contribution in [0.4, 0.5) is 5.69 Å². The van der Waals surface area contributed by atoms with Crippen LogP contribution < -0.4 is 20.1 Å². The van der Waals surface area contributed by atoms with Gasteiger partial charge in [-0.15, -0.1) is 0 Å². The van der Waals surface area contributed by atoms with Crippen molar-refractivity contribution in [2.45, 2.75) is 19.4 Å². The Kier molecular flexibility index (Phi) is 7.35. The van der Waals surface area contributed by atoms with Gasteiger partial charge in [-0.2, -0.15) is 0 Å². The Labute approximate surface area is 167 Å². The average molecular weight is 444 g/mol. The SMILES string of the molecule is CC[C@H](NC(=S)Nc1ccc(Br)c(Cl)c1)c1ccc(OC)c(OC)c1. The standard InChI is InChI=1S/C18H20BrClN2O2S/c1-4-15(11-5-8-16(23-2)17(9-11)24-3)22-18(25)21-12-6-7-13(19)14(20)10-12/h5-10,15H,4H2,1-3H3,(H2,21,22,25)/t15-/m0/s1. The van der Waals surface area contributed by atoms with Crippen LogP contribution in [0.5, 0.6) is 11.5 Å². The fourth-order valence-electron chi connectivity index (χ4n) is 2.39. The van der Waals surface area contributed by atoms with Gasteiger partial charge in [0.15, 0.2) is 16.6 Å². The van der Waals surface area contributed by atoms with E-state index in [2.05, 4.69) is 33.5 Å². The maximum atomic E-state index is 6.11. The van der Waals surface area contributed by atoms with E-state index in [9.17, 15) is 0 Å². The number of hydrogen-bond acceptors (Lipinski definition) is 3. The first kappa shape index (κ1) is 19.8. The fraction of sp³-hybridized carbons (Fsp3) is 0.278. The van der Waals surface area contributed by atoms with Crippen LogP contribution in [-0.2, 0) is 0 Å². The summed E-state index contributed by atoms with van der Waals surface area (Å²) in [4.78, 5) is 0. The molecule has 0 aromatic heterocycles. The summed E-state index contributed by atoms with van der Waals surface area (Å²) < 4.78 is 11.5. The Morgan fingerprint density at radius 2 is 1.88 bits per heavy atom. The van der Waals surface area contributed by atoms with E-state index in [1.54, 1.807) is 14.2 Å². The second-order valence-corrected chi connectivity index (χ2v) is 6.97. The molecule has 0 bridgehead atoms. The Morgan fingerprint density at radius 1 is 1.16 bits per heavy atom. The van der Waals surface area contributed by atoms with Gasteiger partial charge < -0.3 is 20.1 Å². The van der Waals surface area contributed by atoms with E-state index in [0.717, 1.165) is 22.1 Å². The van der Waals surface area contributed by atoms with Gasteiger partial charge in [0, 0.05) is 10.2 Å². The minimum Gasteiger partial charge on any atom is -0.493 e. The molecule has 2 rings (SSSR count). The van der Waals surface area contributed by atoms with Gasteiger partial charge in [-0.3, -0.25) is 0 Å². The number of thiocarbonyl (C=S) groups is 1. The molecule has 0 fully saturated rings. The third-order valence-corrected chi connectivity index (χ3v) is 5.15. The molecule has 0 aliphatic heterocycles. The highest BCUT2D eigenvalue weighted by Gasteiger charge is 2.14. The summed E-state index contributed by atoms with van der Waals surface area (Å²) in [6.45, 7) is 2.09. The van der Waals surface area contributed by atoms with Crippen LogP contribution >= 0.6 is 39.7 Å². The van der Waals surface area contributed by atoms with Crippen molar-refractivity contribution in [2.24, 2.45) is 0 Å². The maximum Gasteiger partial charge on any atom is 0.171 e. The highest BCUT2D eigenvalue weighted by atomic mass is 79.9. The van der Waals surface area contributed by atoms with Gasteiger partial charge in [-0.25, -0.2) is 0 Å². The van der Waals surface area contributed by atoms with Crippen LogP contribution in [0.25, 0.3) is 0 Å². The smallest absolute Gasteiger partial charge is 0.171 e. The Morgan fingerprint density at radius 3 is 2.48 bits per heavy atom. The van der Waals surface area contributed by atoms with E-state index in [0.29, 0.717) is 21.6 Å². The molecule has 0 heterocycles. The van der Waals surface area contributed by atoms with Crippen LogP contribution in [0.15, 0.2) is 40.9 Å². The second-order valence-electron chi connectivity index (χ2n) is 5.30. The van der Waals surface area contributed by atoms with Crippen molar-refractivity contribution in [3.8, 4) is 11.5 Å². The molecule has 0 aliphatic rings. The topological polar surface area (TPSA) is 42.5 Å². The number of methoxy groups -OCH3 is 2. The molecule has 7 heteroatoms. The van der Waals surface area contributed by atoms with E-state index in [-0.39, 0.29) is 6.04 Å². The van der Waals surface area contributed by atoms with Crippen LogP contribution in [0.2, 0.25) is 5.02 Å². The molecule has 0 amide bonds. The maximum absolute atomic E-state index is 6.11. The van der Waals surface area contributed by atoms with Crippen molar-refractivity contribution in [3.05, 3.63) is 51.5 Å². The first-order chi connectivity index (χ1) is 12.0. The number of anilines is 1. The molecule has 0 spiro atoms. The van der Waals surface area contributed by atoms with Crippen molar-refractivity contribution in [1.29, 1.82) is 0 Å². The average Bonchev–Trinajstić information content (AvgIpc) is 2.62. The predicted octanol–water partition coefficient (Wildman–Crippen LogP) is 5.56. The number of nitrogens with one attached hydrogen (secondary N) is 2. The molecule has 134 valence electrons. The molecular weight excluding hydrogens is 424 g/mol. The van der Waals surface area contributed by atoms with Crippen LogP contribution in [-0.4, -0.2) is 19.3 Å². The lowest BCUT2D eigenvalue weighted by molar-refractivity contribution is 0.354. The van der Waals surface area contributed by atoms with E-state index in [1.807, 2.05) is 36.4 Å². The molecule has 0 saturated heterocycles. The van der Waals surface area contributed by atoms with Crippen molar-refractivity contribution in [2.75, 3.05) is 19.5 Å². The predicted molar refractivity (Wildman–Crippen MR) is 111 cm³/mol. The van der Waals surface area contributed by atoms with Gasteiger partial charge in [-0.05, 0) is 70.5 Å². The number of rotatable bonds is 6. The lowest BCUT2D eigenvalue weighted by Gasteiger charge is -2.21. The summed E-state index contributed by atoms with van der Waals surface area (Å²) in [5.74, 6) is 1.39. The van der Waals surface area contributed by atoms with Gasteiger partial charge >= 0.3 is 0 Å². The molecule has 1 atom stereocenters. The van der Waals surface area contributed by atoms with Gasteiger partial charge in [0.25, 0.3) is 0 Å². The Balaban J connectivity index is 2.10. The second kappa shape index (κ2) is 9.27. The van der Waals surface area contributed by atoms with Crippen LogP contribution in [0.1, 0.15) is 24.9 Å². The summed E-state index contributed by atoms with van der Waals surface area (Å²) in [7, 11) is 3.24. The van der Waals surface area contributed by atoms with Gasteiger partial charge in [0.2, 0.25) is 0 Å². The summed E-state index contributed by atoms with van der Waals surface area (Å²) in [6.07, 6.45) is 0.860. The summed E-state index contributed by atoms with van der Waals surface area (Å²) >= 11 is 14.9.